The maximum atomic E-state index is 11.0. The predicted molar refractivity (Wildman–Crippen MR) is 55.5 cm³/mol. The molecular weight excluding hydrogens is 228 g/mol. The molecule has 0 bridgehead atoms. The smallest absolute Gasteiger partial charge is 0.321 e. The van der Waals surface area contributed by atoms with Crippen molar-refractivity contribution in [1.82, 2.24) is 9.44 Å². The third-order valence-electron chi connectivity index (χ3n) is 1.47. The third kappa shape index (κ3) is 5.43. The average molecular weight is 242 g/mol. The van der Waals surface area contributed by atoms with Gasteiger partial charge in [-0.25, -0.2) is 4.72 Å². The first-order valence-corrected chi connectivity index (χ1v) is 6.73. The topological polar surface area (TPSA) is 95.5 Å². The van der Waals surface area contributed by atoms with Crippen LogP contribution >= 0.6 is 11.8 Å². The Hall–Kier alpha value is -0.310. The van der Waals surface area contributed by atoms with Gasteiger partial charge in [-0.1, -0.05) is 0 Å². The summed E-state index contributed by atoms with van der Waals surface area (Å²) < 4.78 is 26.0. The van der Waals surface area contributed by atoms with Crippen LogP contribution in [-0.2, 0) is 15.0 Å². The molecule has 3 N–H and O–H groups in total. The van der Waals surface area contributed by atoms with E-state index in [1.54, 1.807) is 0 Å². The van der Waals surface area contributed by atoms with Gasteiger partial charge >= 0.3 is 5.97 Å². The number of thioether (sulfide) groups is 1. The molecule has 0 aliphatic heterocycles. The highest BCUT2D eigenvalue weighted by Gasteiger charge is 2.22. The van der Waals surface area contributed by atoms with E-state index in [2.05, 4.69) is 0 Å². The van der Waals surface area contributed by atoms with Gasteiger partial charge in [0.05, 0.1) is 0 Å². The largest absolute Gasteiger partial charge is 0.480 e. The second-order valence-electron chi connectivity index (χ2n) is 2.50. The van der Waals surface area contributed by atoms with Crippen LogP contribution in [0.5, 0.6) is 0 Å². The molecule has 0 aromatic rings. The van der Waals surface area contributed by atoms with E-state index in [0.717, 1.165) is 0 Å². The van der Waals surface area contributed by atoms with Crippen LogP contribution in [0.25, 0.3) is 0 Å². The summed E-state index contributed by atoms with van der Waals surface area (Å²) in [6, 6.07) is -1.07. The Morgan fingerprint density at radius 2 is 2.14 bits per heavy atom. The number of aliphatic carboxylic acids is 1. The SMILES string of the molecule is CNS(=O)(=O)NC(CCSC)C(=O)O. The van der Waals surface area contributed by atoms with Crippen LogP contribution in [0.15, 0.2) is 0 Å². The second kappa shape index (κ2) is 6.23. The quantitative estimate of drug-likeness (QED) is 0.546. The van der Waals surface area contributed by atoms with Gasteiger partial charge < -0.3 is 5.11 Å². The first kappa shape index (κ1) is 13.7. The van der Waals surface area contributed by atoms with Crippen LogP contribution < -0.4 is 9.44 Å². The van der Waals surface area contributed by atoms with Gasteiger partial charge in [0.2, 0.25) is 0 Å². The summed E-state index contributed by atoms with van der Waals surface area (Å²) in [6.07, 6.45) is 2.09. The molecule has 0 aliphatic carbocycles. The number of carboxylic acid groups (broad SMARTS) is 1. The van der Waals surface area contributed by atoms with E-state index in [1.165, 1.54) is 18.8 Å². The molecule has 6 nitrogen and oxygen atoms in total. The maximum absolute atomic E-state index is 11.0. The lowest BCUT2D eigenvalue weighted by atomic mass is 10.2. The van der Waals surface area contributed by atoms with Gasteiger partial charge in [0.1, 0.15) is 6.04 Å². The van der Waals surface area contributed by atoms with Crippen molar-refractivity contribution in [2.24, 2.45) is 0 Å². The molecule has 0 aliphatic rings. The van der Waals surface area contributed by atoms with Crippen LogP contribution in [0.3, 0.4) is 0 Å². The lowest BCUT2D eigenvalue weighted by Crippen LogP contribution is -2.45. The summed E-state index contributed by atoms with van der Waals surface area (Å²) in [7, 11) is -2.47. The van der Waals surface area contributed by atoms with Crippen molar-refractivity contribution in [3.05, 3.63) is 0 Å². The van der Waals surface area contributed by atoms with Crippen LogP contribution in [0.1, 0.15) is 6.42 Å². The van der Waals surface area contributed by atoms with Crippen LogP contribution in [0, 0.1) is 0 Å². The highest BCUT2D eigenvalue weighted by atomic mass is 32.2. The Labute approximate surface area is 87.6 Å². The Bertz CT molecular complexity index is 278. The molecule has 8 heteroatoms. The predicted octanol–water partition coefficient (Wildman–Crippen LogP) is -0.753. The molecule has 0 spiro atoms. The first-order valence-electron chi connectivity index (χ1n) is 3.85. The Kier molecular flexibility index (Phi) is 6.09. The van der Waals surface area contributed by atoms with Crippen LogP contribution in [-0.4, -0.2) is 44.6 Å². The summed E-state index contributed by atoms with van der Waals surface area (Å²) in [6.45, 7) is 0. The highest BCUT2D eigenvalue weighted by molar-refractivity contribution is 7.98. The molecule has 0 rings (SSSR count). The number of rotatable bonds is 7. The zero-order valence-corrected chi connectivity index (χ0v) is 9.61. The van der Waals surface area contributed by atoms with Gasteiger partial charge in [-0.05, 0) is 18.4 Å². The lowest BCUT2D eigenvalue weighted by molar-refractivity contribution is -0.139. The Morgan fingerprint density at radius 3 is 2.50 bits per heavy atom. The summed E-state index contributed by atoms with van der Waals surface area (Å²) in [5.74, 6) is -0.582. The van der Waals surface area contributed by atoms with E-state index >= 15 is 0 Å². The monoisotopic (exact) mass is 242 g/mol. The number of hydrogen-bond acceptors (Lipinski definition) is 4. The molecule has 0 aromatic carbocycles. The third-order valence-corrected chi connectivity index (χ3v) is 3.25. The zero-order chi connectivity index (χ0) is 11.2. The van der Waals surface area contributed by atoms with Crippen molar-refractivity contribution in [2.75, 3.05) is 19.1 Å². The minimum atomic E-state index is -3.68. The molecule has 0 saturated heterocycles. The summed E-state index contributed by atoms with van der Waals surface area (Å²) >= 11 is 1.46. The minimum Gasteiger partial charge on any atom is -0.480 e. The molecule has 0 aromatic heterocycles. The van der Waals surface area contributed by atoms with Crippen molar-refractivity contribution in [2.45, 2.75) is 12.5 Å². The Balaban J connectivity index is 4.31. The molecule has 0 heterocycles. The maximum Gasteiger partial charge on any atom is 0.321 e. The fourth-order valence-corrected chi connectivity index (χ4v) is 1.90. The fraction of sp³-hybridized carbons (Fsp3) is 0.833. The standard InChI is InChI=1S/C6H14N2O4S2/c1-7-14(11,12)8-5(6(9)10)3-4-13-2/h5,7-8H,3-4H2,1-2H3,(H,9,10). The van der Waals surface area contributed by atoms with Gasteiger partial charge in [0, 0.05) is 7.05 Å². The van der Waals surface area contributed by atoms with Gasteiger partial charge in [0.15, 0.2) is 0 Å². The fourth-order valence-electron chi connectivity index (χ4n) is 0.715. The number of carbonyl (C=O) groups is 1. The lowest BCUT2D eigenvalue weighted by Gasteiger charge is -2.13. The van der Waals surface area contributed by atoms with E-state index < -0.39 is 22.2 Å². The van der Waals surface area contributed by atoms with E-state index in [1.807, 2.05) is 15.7 Å². The van der Waals surface area contributed by atoms with Crippen molar-refractivity contribution in [3.63, 3.8) is 0 Å². The number of hydrogen-bond donors (Lipinski definition) is 3. The van der Waals surface area contributed by atoms with Gasteiger partial charge in [-0.2, -0.15) is 24.9 Å². The van der Waals surface area contributed by atoms with Crippen molar-refractivity contribution in [3.8, 4) is 0 Å². The summed E-state index contributed by atoms with van der Waals surface area (Å²) in [5.41, 5.74) is 0. The van der Waals surface area contributed by atoms with Crippen LogP contribution in [0.2, 0.25) is 0 Å². The van der Waals surface area contributed by atoms with Gasteiger partial charge in [-0.15, -0.1) is 0 Å². The van der Waals surface area contributed by atoms with Crippen LogP contribution in [0.4, 0.5) is 0 Å². The first-order chi connectivity index (χ1) is 6.43. The Morgan fingerprint density at radius 1 is 1.57 bits per heavy atom. The van der Waals surface area contributed by atoms with E-state index in [0.29, 0.717) is 5.75 Å². The average Bonchev–Trinajstić information content (AvgIpc) is 2.12. The van der Waals surface area contributed by atoms with Gasteiger partial charge in [0.25, 0.3) is 10.2 Å². The molecule has 1 unspecified atom stereocenters. The minimum absolute atomic E-state index is 0.261. The summed E-state index contributed by atoms with van der Waals surface area (Å²) in [4.78, 5) is 10.6. The molecule has 1 atom stereocenters. The molecule has 0 amide bonds. The van der Waals surface area contributed by atoms with E-state index in [9.17, 15) is 13.2 Å². The van der Waals surface area contributed by atoms with Gasteiger partial charge in [-0.3, -0.25) is 4.79 Å². The molecule has 0 radical (unpaired) electrons. The van der Waals surface area contributed by atoms with E-state index in [-0.39, 0.29) is 6.42 Å². The second-order valence-corrected chi connectivity index (χ2v) is 5.13. The zero-order valence-electron chi connectivity index (χ0n) is 7.98. The number of nitrogens with one attached hydrogen (secondary N) is 2. The molecule has 84 valence electrons. The molecule has 0 saturated carbocycles. The highest BCUT2D eigenvalue weighted by Crippen LogP contribution is 2.01. The number of carboxylic acids is 1. The molecule has 0 fully saturated rings. The normalized spacial score (nSPS) is 13.9. The van der Waals surface area contributed by atoms with Crippen molar-refractivity contribution >= 4 is 27.9 Å². The molecule has 14 heavy (non-hydrogen) atoms. The van der Waals surface area contributed by atoms with E-state index in [4.69, 9.17) is 5.11 Å². The summed E-state index contributed by atoms with van der Waals surface area (Å²) in [5, 5.41) is 8.69. The molecular formula is C6H14N2O4S2. The van der Waals surface area contributed by atoms with Crippen molar-refractivity contribution in [1.29, 1.82) is 0 Å². The van der Waals surface area contributed by atoms with Crippen molar-refractivity contribution < 1.29 is 18.3 Å².